The van der Waals surface area contributed by atoms with E-state index in [9.17, 15) is 0 Å². The van der Waals surface area contributed by atoms with Crippen molar-refractivity contribution in [1.29, 1.82) is 0 Å². The fourth-order valence-corrected chi connectivity index (χ4v) is 1.59. The average Bonchev–Trinajstić information content (AvgIpc) is 2.73. The minimum Gasteiger partial charge on any atom is -0.484 e. The number of aromatic nitrogens is 2. The number of benzene rings is 1. The number of aryl methyl sites for hydroxylation is 1. The molecule has 0 radical (unpaired) electrons. The van der Waals surface area contributed by atoms with E-state index in [1.54, 1.807) is 19.1 Å². The van der Waals surface area contributed by atoms with Crippen LogP contribution in [0.2, 0.25) is 5.02 Å². The van der Waals surface area contributed by atoms with Crippen molar-refractivity contribution in [3.05, 3.63) is 40.5 Å². The highest BCUT2D eigenvalue weighted by atomic mass is 35.5. The van der Waals surface area contributed by atoms with Gasteiger partial charge in [-0.15, -0.1) is 0 Å². The van der Waals surface area contributed by atoms with Gasteiger partial charge >= 0.3 is 0 Å². The van der Waals surface area contributed by atoms with Crippen LogP contribution in [-0.2, 0) is 13.2 Å². The van der Waals surface area contributed by atoms with Gasteiger partial charge in [0.1, 0.15) is 5.75 Å². The zero-order valence-corrected chi connectivity index (χ0v) is 10.1. The summed E-state index contributed by atoms with van der Waals surface area (Å²) in [6.45, 7) is 2.39. The molecule has 0 fully saturated rings. The van der Waals surface area contributed by atoms with Gasteiger partial charge in [0.2, 0.25) is 11.7 Å². The Morgan fingerprint density at radius 2 is 2.29 bits per heavy atom. The molecule has 2 N–H and O–H groups in total. The zero-order chi connectivity index (χ0) is 12.3. The summed E-state index contributed by atoms with van der Waals surface area (Å²) < 4.78 is 10.3. The number of nitrogens with two attached hydrogens (primary N) is 1. The van der Waals surface area contributed by atoms with E-state index in [-0.39, 0.29) is 6.61 Å². The van der Waals surface area contributed by atoms with Gasteiger partial charge < -0.3 is 15.0 Å². The molecule has 5 nitrogen and oxygen atoms in total. The van der Waals surface area contributed by atoms with Gasteiger partial charge in [0.25, 0.3) is 0 Å². The molecule has 1 aromatic heterocycles. The maximum Gasteiger partial charge on any atom is 0.223 e. The number of nitrogens with zero attached hydrogens (tertiary/aromatic N) is 2. The Labute approximate surface area is 104 Å². The van der Waals surface area contributed by atoms with E-state index in [0.717, 1.165) is 5.56 Å². The normalized spacial score (nSPS) is 10.5. The highest BCUT2D eigenvalue weighted by Crippen LogP contribution is 2.25. The fourth-order valence-electron chi connectivity index (χ4n) is 1.33. The summed E-state index contributed by atoms with van der Waals surface area (Å²) in [4.78, 5) is 4.02. The first kappa shape index (κ1) is 11.9. The minimum atomic E-state index is 0.221. The maximum absolute atomic E-state index is 6.03. The molecule has 0 saturated carbocycles. The van der Waals surface area contributed by atoms with Crippen LogP contribution < -0.4 is 10.5 Å². The van der Waals surface area contributed by atoms with Gasteiger partial charge in [0.15, 0.2) is 6.61 Å². The maximum atomic E-state index is 6.03. The molecule has 1 aromatic carbocycles. The SMILES string of the molecule is Cc1nc(COc2ccc(CN)cc2Cl)no1. The van der Waals surface area contributed by atoms with Gasteiger partial charge in [0.05, 0.1) is 5.02 Å². The number of ether oxygens (including phenoxy) is 1. The summed E-state index contributed by atoms with van der Waals surface area (Å²) in [5, 5.41) is 4.24. The highest BCUT2D eigenvalue weighted by molar-refractivity contribution is 6.32. The van der Waals surface area contributed by atoms with Crippen LogP contribution in [0, 0.1) is 6.92 Å². The third-order valence-electron chi connectivity index (χ3n) is 2.16. The molecule has 0 bridgehead atoms. The molecule has 0 aliphatic heterocycles. The molecule has 2 aromatic rings. The van der Waals surface area contributed by atoms with Gasteiger partial charge in [-0.2, -0.15) is 4.98 Å². The Hall–Kier alpha value is -1.59. The minimum absolute atomic E-state index is 0.221. The molecule has 6 heteroatoms. The van der Waals surface area contributed by atoms with Crippen LogP contribution in [0.3, 0.4) is 0 Å². The largest absolute Gasteiger partial charge is 0.484 e. The molecule has 0 unspecified atom stereocenters. The van der Waals surface area contributed by atoms with Crippen molar-refractivity contribution in [3.8, 4) is 5.75 Å². The van der Waals surface area contributed by atoms with Crippen LogP contribution in [0.15, 0.2) is 22.7 Å². The standard InChI is InChI=1S/C11H12ClN3O2/c1-7-14-11(15-17-7)6-16-10-3-2-8(5-13)4-9(10)12/h2-4H,5-6,13H2,1H3. The summed E-state index contributed by atoms with van der Waals surface area (Å²) >= 11 is 6.03. The van der Waals surface area contributed by atoms with Crippen LogP contribution in [0.5, 0.6) is 5.75 Å². The van der Waals surface area contributed by atoms with Crippen molar-refractivity contribution < 1.29 is 9.26 Å². The second kappa shape index (κ2) is 5.16. The van der Waals surface area contributed by atoms with Crippen LogP contribution in [0.1, 0.15) is 17.3 Å². The first-order valence-electron chi connectivity index (χ1n) is 5.09. The number of halogens is 1. The van der Waals surface area contributed by atoms with E-state index in [1.165, 1.54) is 0 Å². The molecule has 2 rings (SSSR count). The van der Waals surface area contributed by atoms with E-state index < -0.39 is 0 Å². The lowest BCUT2D eigenvalue weighted by molar-refractivity contribution is 0.286. The van der Waals surface area contributed by atoms with Crippen molar-refractivity contribution >= 4 is 11.6 Å². The molecule has 0 amide bonds. The summed E-state index contributed by atoms with van der Waals surface area (Å²) in [7, 11) is 0. The molecule has 0 saturated heterocycles. The van der Waals surface area contributed by atoms with E-state index in [2.05, 4.69) is 10.1 Å². The van der Waals surface area contributed by atoms with Crippen molar-refractivity contribution in [1.82, 2.24) is 10.1 Å². The zero-order valence-electron chi connectivity index (χ0n) is 9.31. The first-order valence-corrected chi connectivity index (χ1v) is 5.47. The molecule has 0 aliphatic carbocycles. The van der Waals surface area contributed by atoms with Crippen molar-refractivity contribution in [3.63, 3.8) is 0 Å². The molecular formula is C11H12ClN3O2. The number of hydrogen-bond donors (Lipinski definition) is 1. The summed E-state index contributed by atoms with van der Waals surface area (Å²) in [6.07, 6.45) is 0. The van der Waals surface area contributed by atoms with Gasteiger partial charge in [-0.3, -0.25) is 0 Å². The third kappa shape index (κ3) is 2.95. The molecule has 1 heterocycles. The predicted octanol–water partition coefficient (Wildman–Crippen LogP) is 2.07. The molecule has 90 valence electrons. The Bertz CT molecular complexity index is 513. The molecule has 17 heavy (non-hydrogen) atoms. The smallest absolute Gasteiger partial charge is 0.223 e. The second-order valence-electron chi connectivity index (χ2n) is 3.49. The monoisotopic (exact) mass is 253 g/mol. The predicted molar refractivity (Wildman–Crippen MR) is 62.7 cm³/mol. The fraction of sp³-hybridized carbons (Fsp3) is 0.273. The van der Waals surface area contributed by atoms with Crippen LogP contribution in [0.4, 0.5) is 0 Å². The lowest BCUT2D eigenvalue weighted by Crippen LogP contribution is -2.00. The molecule has 0 atom stereocenters. The summed E-state index contributed by atoms with van der Waals surface area (Å²) in [5.41, 5.74) is 6.46. The van der Waals surface area contributed by atoms with E-state index in [4.69, 9.17) is 26.6 Å². The van der Waals surface area contributed by atoms with Crippen LogP contribution >= 0.6 is 11.6 Å². The van der Waals surface area contributed by atoms with Crippen molar-refractivity contribution in [2.75, 3.05) is 0 Å². The van der Waals surface area contributed by atoms with Crippen LogP contribution in [0.25, 0.3) is 0 Å². The number of hydrogen-bond acceptors (Lipinski definition) is 5. The average molecular weight is 254 g/mol. The summed E-state index contributed by atoms with van der Waals surface area (Å²) in [5.74, 6) is 1.57. The van der Waals surface area contributed by atoms with Gasteiger partial charge in [-0.25, -0.2) is 0 Å². The molecule has 0 aliphatic rings. The lowest BCUT2D eigenvalue weighted by Gasteiger charge is -2.06. The van der Waals surface area contributed by atoms with E-state index >= 15 is 0 Å². The quantitative estimate of drug-likeness (QED) is 0.903. The topological polar surface area (TPSA) is 74.2 Å². The lowest BCUT2D eigenvalue weighted by atomic mass is 10.2. The van der Waals surface area contributed by atoms with Crippen molar-refractivity contribution in [2.24, 2.45) is 5.73 Å². The van der Waals surface area contributed by atoms with E-state index in [0.29, 0.717) is 29.0 Å². The Balaban J connectivity index is 2.04. The van der Waals surface area contributed by atoms with Crippen LogP contribution in [-0.4, -0.2) is 10.1 Å². The Morgan fingerprint density at radius 1 is 1.47 bits per heavy atom. The third-order valence-corrected chi connectivity index (χ3v) is 2.45. The van der Waals surface area contributed by atoms with Gasteiger partial charge in [-0.05, 0) is 17.7 Å². The molecule has 0 spiro atoms. The number of rotatable bonds is 4. The second-order valence-corrected chi connectivity index (χ2v) is 3.89. The highest BCUT2D eigenvalue weighted by Gasteiger charge is 2.06. The van der Waals surface area contributed by atoms with Gasteiger partial charge in [0, 0.05) is 13.5 Å². The van der Waals surface area contributed by atoms with E-state index in [1.807, 2.05) is 6.07 Å². The van der Waals surface area contributed by atoms with Crippen molar-refractivity contribution in [2.45, 2.75) is 20.1 Å². The molecular weight excluding hydrogens is 242 g/mol. The van der Waals surface area contributed by atoms with Gasteiger partial charge in [-0.1, -0.05) is 22.8 Å². The Kier molecular flexibility index (Phi) is 3.61. The Morgan fingerprint density at radius 3 is 2.88 bits per heavy atom. The first-order chi connectivity index (χ1) is 8.19. The summed E-state index contributed by atoms with van der Waals surface area (Å²) in [6, 6.07) is 5.42.